The summed E-state index contributed by atoms with van der Waals surface area (Å²) in [5.41, 5.74) is 5.46. The first-order chi connectivity index (χ1) is 8.50. The fourth-order valence-corrected chi connectivity index (χ4v) is 2.64. The number of rotatable bonds is 5. The molecule has 108 valence electrons. The Labute approximate surface area is 111 Å². The van der Waals surface area contributed by atoms with Crippen LogP contribution in [0.2, 0.25) is 0 Å². The second-order valence-electron chi connectivity index (χ2n) is 3.92. The Hall–Kier alpha value is -1.00. The van der Waals surface area contributed by atoms with E-state index in [-0.39, 0.29) is 28.4 Å². The number of carbonyl (C=O) groups excluding carboxylic acids is 1. The van der Waals surface area contributed by atoms with Crippen molar-refractivity contribution in [1.29, 1.82) is 0 Å². The molecule has 1 heterocycles. The number of nitrogens with zero attached hydrogens (tertiary/aromatic N) is 1. The fraction of sp³-hybridized carbons (Fsp3) is 0.556. The summed E-state index contributed by atoms with van der Waals surface area (Å²) in [5, 5.41) is -1.13. The van der Waals surface area contributed by atoms with E-state index in [0.717, 1.165) is 12.5 Å². The summed E-state index contributed by atoms with van der Waals surface area (Å²) in [7, 11) is -3.28. The first kappa shape index (κ1) is 16.1. The summed E-state index contributed by atoms with van der Waals surface area (Å²) in [5.74, 6) is -1.04. The second kappa shape index (κ2) is 5.55. The predicted octanol–water partition coefficient (Wildman–Crippen LogP) is 1.11. The van der Waals surface area contributed by atoms with E-state index in [2.05, 4.69) is 4.98 Å². The zero-order valence-corrected chi connectivity index (χ0v) is 11.4. The molecule has 2 N–H and O–H groups in total. The van der Waals surface area contributed by atoms with Crippen LogP contribution in [0.3, 0.4) is 0 Å². The molecule has 1 atom stereocenters. The minimum absolute atomic E-state index is 0.142. The van der Waals surface area contributed by atoms with Crippen molar-refractivity contribution in [2.45, 2.75) is 18.6 Å². The van der Waals surface area contributed by atoms with E-state index in [4.69, 9.17) is 5.73 Å². The van der Waals surface area contributed by atoms with Gasteiger partial charge in [-0.2, -0.15) is 13.2 Å². The lowest BCUT2D eigenvalue weighted by molar-refractivity contribution is -0.137. The third kappa shape index (κ3) is 4.88. The summed E-state index contributed by atoms with van der Waals surface area (Å²) < 4.78 is 58.7. The molecule has 0 spiro atoms. The van der Waals surface area contributed by atoms with Gasteiger partial charge in [0.25, 0.3) is 0 Å². The Morgan fingerprint density at radius 2 is 2.11 bits per heavy atom. The molecule has 0 saturated carbocycles. The Morgan fingerprint density at radius 3 is 2.53 bits per heavy atom. The number of alkyl halides is 3. The zero-order valence-electron chi connectivity index (χ0n) is 9.77. The fourth-order valence-electron chi connectivity index (χ4n) is 1.17. The molecule has 0 aliphatic rings. The van der Waals surface area contributed by atoms with E-state index in [9.17, 15) is 26.4 Å². The van der Waals surface area contributed by atoms with E-state index in [0.29, 0.717) is 0 Å². The van der Waals surface area contributed by atoms with Crippen LogP contribution in [0.25, 0.3) is 0 Å². The summed E-state index contributed by atoms with van der Waals surface area (Å²) in [6.07, 6.45) is -2.97. The first-order valence-corrected chi connectivity index (χ1v) is 7.89. The molecular weight excluding hydrogens is 305 g/mol. The number of Topliss-reactive ketones (excluding diaryl/α,β-unsaturated/α-hetero) is 1. The van der Waals surface area contributed by atoms with Crippen LogP contribution in [0.4, 0.5) is 13.2 Å². The topological polar surface area (TPSA) is 90.1 Å². The minimum Gasteiger partial charge on any atom is -0.321 e. The highest BCUT2D eigenvalue weighted by molar-refractivity contribution is 7.90. The maximum absolute atomic E-state index is 12.3. The third-order valence-corrected chi connectivity index (χ3v) is 4.16. The Bertz CT molecular complexity index is 566. The van der Waals surface area contributed by atoms with Crippen LogP contribution in [0.5, 0.6) is 0 Å². The minimum atomic E-state index is -4.61. The Morgan fingerprint density at radius 1 is 1.53 bits per heavy atom. The van der Waals surface area contributed by atoms with Crippen LogP contribution in [0, 0.1) is 0 Å². The lowest BCUT2D eigenvalue weighted by Gasteiger charge is -2.07. The number of thiazole rings is 1. The van der Waals surface area contributed by atoms with E-state index in [1.165, 1.54) is 0 Å². The van der Waals surface area contributed by atoms with Gasteiger partial charge in [-0.05, 0) is 6.42 Å². The third-order valence-electron chi connectivity index (χ3n) is 2.13. The van der Waals surface area contributed by atoms with Crippen molar-refractivity contribution in [3.05, 3.63) is 16.1 Å². The van der Waals surface area contributed by atoms with Crippen molar-refractivity contribution in [3.63, 3.8) is 0 Å². The highest BCUT2D eigenvalue weighted by Gasteiger charge is 2.35. The standard InChI is InChI=1S/C9H11F3N2O3S2/c1-19(16,17)3-2-5(13)7(15)6-4-14-8(18-6)9(10,11)12/h4-5H,2-3,13H2,1H3. The van der Waals surface area contributed by atoms with Crippen LogP contribution in [0.15, 0.2) is 6.20 Å². The van der Waals surface area contributed by atoms with Crippen LogP contribution in [-0.2, 0) is 16.0 Å². The van der Waals surface area contributed by atoms with Crippen LogP contribution >= 0.6 is 11.3 Å². The van der Waals surface area contributed by atoms with Gasteiger partial charge in [0.15, 0.2) is 10.8 Å². The molecule has 0 aliphatic heterocycles. The van der Waals surface area contributed by atoms with Gasteiger partial charge in [-0.15, -0.1) is 11.3 Å². The molecule has 1 aromatic heterocycles. The van der Waals surface area contributed by atoms with Crippen molar-refractivity contribution in [2.75, 3.05) is 12.0 Å². The van der Waals surface area contributed by atoms with Gasteiger partial charge in [-0.25, -0.2) is 13.4 Å². The van der Waals surface area contributed by atoms with E-state index in [1.807, 2.05) is 0 Å². The van der Waals surface area contributed by atoms with Gasteiger partial charge >= 0.3 is 6.18 Å². The summed E-state index contributed by atoms with van der Waals surface area (Å²) in [4.78, 5) is 14.6. The van der Waals surface area contributed by atoms with Crippen LogP contribution < -0.4 is 5.73 Å². The maximum atomic E-state index is 12.3. The van der Waals surface area contributed by atoms with Crippen LogP contribution in [0.1, 0.15) is 21.1 Å². The second-order valence-corrected chi connectivity index (χ2v) is 7.21. The SMILES string of the molecule is CS(=O)(=O)CCC(N)C(=O)c1cnc(C(F)(F)F)s1. The van der Waals surface area contributed by atoms with Crippen molar-refractivity contribution in [1.82, 2.24) is 4.98 Å². The summed E-state index contributed by atoms with van der Waals surface area (Å²) in [6.45, 7) is 0. The average molecular weight is 316 g/mol. The predicted molar refractivity (Wildman–Crippen MR) is 63.7 cm³/mol. The van der Waals surface area contributed by atoms with E-state index >= 15 is 0 Å². The molecule has 1 rings (SSSR count). The molecular formula is C9H11F3N2O3S2. The van der Waals surface area contributed by atoms with Gasteiger partial charge in [0.2, 0.25) is 0 Å². The van der Waals surface area contributed by atoms with Crippen molar-refractivity contribution < 1.29 is 26.4 Å². The number of ketones is 1. The van der Waals surface area contributed by atoms with Crippen molar-refractivity contribution in [2.24, 2.45) is 5.73 Å². The average Bonchev–Trinajstić information content (AvgIpc) is 2.72. The first-order valence-electron chi connectivity index (χ1n) is 5.01. The number of halogens is 3. The quantitative estimate of drug-likeness (QED) is 0.822. The molecule has 1 aromatic rings. The largest absolute Gasteiger partial charge is 0.443 e. The van der Waals surface area contributed by atoms with E-state index < -0.39 is 32.8 Å². The molecule has 0 fully saturated rings. The monoisotopic (exact) mass is 316 g/mol. The van der Waals surface area contributed by atoms with Gasteiger partial charge in [0.1, 0.15) is 9.84 Å². The van der Waals surface area contributed by atoms with Gasteiger partial charge in [0.05, 0.1) is 16.7 Å². The Kier molecular flexibility index (Phi) is 4.69. The number of hydrogen-bond donors (Lipinski definition) is 1. The lowest BCUT2D eigenvalue weighted by Crippen LogP contribution is -2.32. The van der Waals surface area contributed by atoms with Gasteiger partial charge in [0, 0.05) is 12.5 Å². The maximum Gasteiger partial charge on any atom is 0.443 e. The summed E-state index contributed by atoms with van der Waals surface area (Å²) in [6, 6.07) is -1.16. The number of hydrogen-bond acceptors (Lipinski definition) is 6. The molecule has 0 saturated heterocycles. The molecule has 5 nitrogen and oxygen atoms in total. The molecule has 1 unspecified atom stereocenters. The molecule has 19 heavy (non-hydrogen) atoms. The highest BCUT2D eigenvalue weighted by atomic mass is 32.2. The van der Waals surface area contributed by atoms with Crippen LogP contribution in [-0.4, -0.2) is 37.2 Å². The highest BCUT2D eigenvalue weighted by Crippen LogP contribution is 2.32. The molecule has 0 aliphatic carbocycles. The lowest BCUT2D eigenvalue weighted by atomic mass is 10.1. The summed E-state index contributed by atoms with van der Waals surface area (Å²) >= 11 is 0.195. The molecule has 0 radical (unpaired) electrons. The number of carbonyl (C=O) groups is 1. The van der Waals surface area contributed by atoms with Gasteiger partial charge < -0.3 is 5.73 Å². The van der Waals surface area contributed by atoms with Gasteiger partial charge in [-0.1, -0.05) is 0 Å². The van der Waals surface area contributed by atoms with Crippen molar-refractivity contribution in [3.8, 4) is 0 Å². The Balaban J connectivity index is 2.75. The van der Waals surface area contributed by atoms with Crippen molar-refractivity contribution >= 4 is 27.0 Å². The molecule has 0 amide bonds. The normalized spacial score (nSPS) is 14.4. The van der Waals surface area contributed by atoms with Gasteiger partial charge in [-0.3, -0.25) is 4.79 Å². The molecule has 0 bridgehead atoms. The number of sulfone groups is 1. The van der Waals surface area contributed by atoms with E-state index in [1.54, 1.807) is 0 Å². The molecule has 10 heteroatoms. The number of aromatic nitrogens is 1. The smallest absolute Gasteiger partial charge is 0.321 e. The number of nitrogens with two attached hydrogens (primary N) is 1. The zero-order chi connectivity index (χ0) is 14.8. The molecule has 0 aromatic carbocycles.